The van der Waals surface area contributed by atoms with Crippen LogP contribution < -0.4 is 0 Å². The van der Waals surface area contributed by atoms with Gasteiger partial charge in [-0.3, -0.25) is 4.18 Å². The summed E-state index contributed by atoms with van der Waals surface area (Å²) in [5.41, 5.74) is 0. The summed E-state index contributed by atoms with van der Waals surface area (Å²) in [6, 6.07) is 0. The highest BCUT2D eigenvalue weighted by molar-refractivity contribution is 7.79. The maximum Gasteiger partial charge on any atom is 0.152 e. The van der Waals surface area contributed by atoms with Crippen LogP contribution in [-0.4, -0.2) is 41.6 Å². The lowest BCUT2D eigenvalue weighted by Gasteiger charge is -2.16. The van der Waals surface area contributed by atoms with Gasteiger partial charge in [0.15, 0.2) is 11.1 Å². The van der Waals surface area contributed by atoms with E-state index in [9.17, 15) is 4.21 Å². The second-order valence-corrected chi connectivity index (χ2v) is 3.29. The molecule has 0 aliphatic heterocycles. The van der Waals surface area contributed by atoms with Gasteiger partial charge in [0.1, 0.15) is 0 Å². The Bertz CT molecular complexity index is 115. The number of hydrogen-bond acceptors (Lipinski definition) is 3. The van der Waals surface area contributed by atoms with Crippen molar-refractivity contribution in [2.45, 2.75) is 13.8 Å². The van der Waals surface area contributed by atoms with Gasteiger partial charge in [-0.05, 0) is 13.1 Å². The van der Waals surface area contributed by atoms with E-state index in [1.165, 1.54) is 0 Å². The first kappa shape index (κ1) is 11.1. The number of likely N-dealkylation sites (N-methyl/N-ethyl adjacent to an activating group) is 1. The SMILES string of the molecule is CCN(CC)CCOS(C)=O. The highest BCUT2D eigenvalue weighted by Gasteiger charge is 1.98. The molecule has 68 valence electrons. The fourth-order valence-corrected chi connectivity index (χ4v) is 1.13. The molecule has 0 amide bonds. The van der Waals surface area contributed by atoms with Crippen molar-refractivity contribution in [3.05, 3.63) is 0 Å². The molecule has 0 aromatic heterocycles. The van der Waals surface area contributed by atoms with Gasteiger partial charge in [0.05, 0.1) is 6.61 Å². The minimum Gasteiger partial charge on any atom is -0.302 e. The average Bonchev–Trinajstić information content (AvgIpc) is 1.98. The molecule has 0 aliphatic rings. The van der Waals surface area contributed by atoms with Gasteiger partial charge < -0.3 is 4.90 Å². The molecule has 1 atom stereocenters. The Morgan fingerprint density at radius 2 is 1.91 bits per heavy atom. The fourth-order valence-electron chi connectivity index (χ4n) is 0.824. The molecule has 0 N–H and O–H groups in total. The van der Waals surface area contributed by atoms with Gasteiger partial charge in [-0.1, -0.05) is 13.8 Å². The molecule has 0 spiro atoms. The molecule has 4 heteroatoms. The first-order chi connectivity index (χ1) is 5.20. The van der Waals surface area contributed by atoms with E-state index in [2.05, 4.69) is 18.7 Å². The van der Waals surface area contributed by atoms with Gasteiger partial charge in [-0.15, -0.1) is 0 Å². The van der Waals surface area contributed by atoms with Crippen LogP contribution in [0.4, 0.5) is 0 Å². The number of hydrogen-bond donors (Lipinski definition) is 0. The maximum atomic E-state index is 10.5. The van der Waals surface area contributed by atoms with Crippen LogP contribution in [0.3, 0.4) is 0 Å². The van der Waals surface area contributed by atoms with E-state index in [0.29, 0.717) is 6.61 Å². The Morgan fingerprint density at radius 1 is 1.36 bits per heavy atom. The number of rotatable bonds is 6. The Morgan fingerprint density at radius 3 is 2.27 bits per heavy atom. The van der Waals surface area contributed by atoms with E-state index in [1.54, 1.807) is 6.26 Å². The first-order valence-corrected chi connectivity index (χ1v) is 5.38. The summed E-state index contributed by atoms with van der Waals surface area (Å²) in [5.74, 6) is 0. The summed E-state index contributed by atoms with van der Waals surface area (Å²) < 4.78 is 15.4. The summed E-state index contributed by atoms with van der Waals surface area (Å²) >= 11 is -1.11. The van der Waals surface area contributed by atoms with Crippen LogP contribution in [0.1, 0.15) is 13.8 Å². The quantitative estimate of drug-likeness (QED) is 0.599. The van der Waals surface area contributed by atoms with Crippen LogP contribution in [0.2, 0.25) is 0 Å². The van der Waals surface area contributed by atoms with Crippen molar-refractivity contribution in [3.63, 3.8) is 0 Å². The largest absolute Gasteiger partial charge is 0.302 e. The lowest BCUT2D eigenvalue weighted by molar-refractivity contribution is 0.236. The van der Waals surface area contributed by atoms with Crippen molar-refractivity contribution in [2.24, 2.45) is 0 Å². The molecule has 0 saturated heterocycles. The van der Waals surface area contributed by atoms with E-state index < -0.39 is 11.1 Å². The molecule has 0 aromatic rings. The van der Waals surface area contributed by atoms with Crippen LogP contribution >= 0.6 is 0 Å². The lowest BCUT2D eigenvalue weighted by atomic mass is 10.5. The lowest BCUT2D eigenvalue weighted by Crippen LogP contribution is -2.27. The summed E-state index contributed by atoms with van der Waals surface area (Å²) in [5, 5.41) is 0. The molecular formula is C7H17NO2S. The monoisotopic (exact) mass is 179 g/mol. The predicted octanol–water partition coefficient (Wildman–Crippen LogP) is 0.638. The number of nitrogens with zero attached hydrogens (tertiary/aromatic N) is 1. The third kappa shape index (κ3) is 6.47. The van der Waals surface area contributed by atoms with E-state index in [-0.39, 0.29) is 0 Å². The van der Waals surface area contributed by atoms with Gasteiger partial charge >= 0.3 is 0 Å². The summed E-state index contributed by atoms with van der Waals surface area (Å²) in [7, 11) is 0. The predicted molar refractivity (Wildman–Crippen MR) is 47.8 cm³/mol. The second kappa shape index (κ2) is 6.76. The molecule has 0 fully saturated rings. The van der Waals surface area contributed by atoms with Crippen LogP contribution in [0.15, 0.2) is 0 Å². The molecule has 0 aromatic carbocycles. The van der Waals surface area contributed by atoms with Crippen molar-refractivity contribution < 1.29 is 8.39 Å². The molecule has 11 heavy (non-hydrogen) atoms. The van der Waals surface area contributed by atoms with Gasteiger partial charge in [0.25, 0.3) is 0 Å². The smallest absolute Gasteiger partial charge is 0.152 e. The third-order valence-corrected chi connectivity index (χ3v) is 2.05. The molecule has 0 saturated carbocycles. The summed E-state index contributed by atoms with van der Waals surface area (Å²) in [6.45, 7) is 7.68. The van der Waals surface area contributed by atoms with Crippen molar-refractivity contribution in [2.75, 3.05) is 32.5 Å². The fraction of sp³-hybridized carbons (Fsp3) is 1.00. The zero-order chi connectivity index (χ0) is 8.69. The third-order valence-electron chi connectivity index (χ3n) is 1.55. The van der Waals surface area contributed by atoms with E-state index in [0.717, 1.165) is 19.6 Å². The zero-order valence-electron chi connectivity index (χ0n) is 7.50. The van der Waals surface area contributed by atoms with Crippen LogP contribution in [0.5, 0.6) is 0 Å². The Hall–Kier alpha value is 0.0700. The Labute approximate surface area is 71.4 Å². The van der Waals surface area contributed by atoms with Gasteiger partial charge in [-0.25, -0.2) is 4.21 Å². The van der Waals surface area contributed by atoms with Crippen molar-refractivity contribution in [3.8, 4) is 0 Å². The second-order valence-electron chi connectivity index (χ2n) is 2.25. The van der Waals surface area contributed by atoms with Crippen molar-refractivity contribution in [1.29, 1.82) is 0 Å². The van der Waals surface area contributed by atoms with Crippen molar-refractivity contribution in [1.82, 2.24) is 4.90 Å². The summed E-state index contributed by atoms with van der Waals surface area (Å²) in [6.07, 6.45) is 1.54. The molecule has 0 radical (unpaired) electrons. The zero-order valence-corrected chi connectivity index (χ0v) is 8.32. The highest BCUT2D eigenvalue weighted by Crippen LogP contribution is 1.87. The van der Waals surface area contributed by atoms with Gasteiger partial charge in [-0.2, -0.15) is 0 Å². The van der Waals surface area contributed by atoms with Gasteiger partial charge in [0, 0.05) is 12.8 Å². The van der Waals surface area contributed by atoms with Crippen LogP contribution in [-0.2, 0) is 15.3 Å². The van der Waals surface area contributed by atoms with E-state index >= 15 is 0 Å². The van der Waals surface area contributed by atoms with E-state index in [1.807, 2.05) is 0 Å². The van der Waals surface area contributed by atoms with Crippen LogP contribution in [0.25, 0.3) is 0 Å². The minimum atomic E-state index is -1.11. The average molecular weight is 179 g/mol. The van der Waals surface area contributed by atoms with E-state index in [4.69, 9.17) is 4.18 Å². The topological polar surface area (TPSA) is 29.5 Å². The molecule has 3 nitrogen and oxygen atoms in total. The normalized spacial score (nSPS) is 13.8. The van der Waals surface area contributed by atoms with Crippen LogP contribution in [0, 0.1) is 0 Å². The standard InChI is InChI=1S/C7H17NO2S/c1-4-8(5-2)6-7-10-11(3)9/h4-7H2,1-3H3. The molecule has 1 unspecified atom stereocenters. The molecule has 0 rings (SSSR count). The maximum absolute atomic E-state index is 10.5. The summed E-state index contributed by atoms with van der Waals surface area (Å²) in [4.78, 5) is 2.23. The Kier molecular flexibility index (Phi) is 6.80. The molecule has 0 aliphatic carbocycles. The molecular weight excluding hydrogens is 162 g/mol. The highest BCUT2D eigenvalue weighted by atomic mass is 32.2. The van der Waals surface area contributed by atoms with Gasteiger partial charge in [0.2, 0.25) is 0 Å². The first-order valence-electron chi connectivity index (χ1n) is 3.89. The Balaban J connectivity index is 3.28. The molecule has 0 heterocycles. The minimum absolute atomic E-state index is 0.560. The molecule has 0 bridgehead atoms. The van der Waals surface area contributed by atoms with Crippen molar-refractivity contribution >= 4 is 11.1 Å².